The lowest BCUT2D eigenvalue weighted by atomic mass is 9.98. The van der Waals surface area contributed by atoms with Crippen LogP contribution in [0.4, 0.5) is 10.5 Å². The molecule has 0 heterocycles. The number of ether oxygens (including phenoxy) is 1. The molecule has 2 N–H and O–H groups in total. The summed E-state index contributed by atoms with van der Waals surface area (Å²) in [4.78, 5) is 40.0. The van der Waals surface area contributed by atoms with Gasteiger partial charge >= 0.3 is 12.1 Å². The van der Waals surface area contributed by atoms with E-state index in [4.69, 9.17) is 14.7 Å². The van der Waals surface area contributed by atoms with E-state index in [1.807, 2.05) is 36.4 Å². The molecule has 8 nitrogen and oxygen atoms in total. The van der Waals surface area contributed by atoms with Gasteiger partial charge in [-0.05, 0) is 46.5 Å². The topological polar surface area (TPSA) is 105 Å². The van der Waals surface area contributed by atoms with Crippen molar-refractivity contribution >= 4 is 23.7 Å². The lowest BCUT2D eigenvalue weighted by Gasteiger charge is -2.16. The van der Waals surface area contributed by atoms with Gasteiger partial charge in [-0.25, -0.2) is 14.7 Å². The fourth-order valence-electron chi connectivity index (χ4n) is 3.84. The first kappa shape index (κ1) is 22.0. The Kier molecular flexibility index (Phi) is 6.37. The minimum atomic E-state index is -1.18. The largest absolute Gasteiger partial charge is 0.479 e. The third-order valence-electron chi connectivity index (χ3n) is 5.39. The molecule has 0 unspecified atom stereocenters. The highest BCUT2D eigenvalue weighted by molar-refractivity contribution is 5.94. The monoisotopic (exact) mass is 446 g/mol. The first-order valence-corrected chi connectivity index (χ1v) is 10.3. The number of fused-ring (bicyclic) bond motifs is 3. The van der Waals surface area contributed by atoms with Gasteiger partial charge < -0.3 is 9.84 Å². The lowest BCUT2D eigenvalue weighted by Crippen LogP contribution is -2.29. The summed E-state index contributed by atoms with van der Waals surface area (Å²) >= 11 is 0. The number of benzene rings is 3. The molecule has 0 aliphatic heterocycles. The SMILES string of the molecule is CN(OCC(=O)O)C(=O)c1ccc(NC(=O)OCC2c3ccccc3-c3ccccc32)cc1. The van der Waals surface area contributed by atoms with Crippen LogP contribution in [0.5, 0.6) is 0 Å². The van der Waals surface area contributed by atoms with Gasteiger partial charge in [0.25, 0.3) is 5.91 Å². The fourth-order valence-corrected chi connectivity index (χ4v) is 3.84. The number of anilines is 1. The average Bonchev–Trinajstić information content (AvgIpc) is 3.15. The predicted octanol–water partition coefficient (Wildman–Crippen LogP) is 4.14. The first-order valence-electron chi connectivity index (χ1n) is 10.3. The van der Waals surface area contributed by atoms with Crippen molar-refractivity contribution in [1.82, 2.24) is 5.06 Å². The van der Waals surface area contributed by atoms with Crippen molar-refractivity contribution in [2.24, 2.45) is 0 Å². The number of carboxylic acids is 1. The summed E-state index contributed by atoms with van der Waals surface area (Å²) < 4.78 is 5.51. The molecule has 0 saturated carbocycles. The molecule has 0 saturated heterocycles. The number of nitrogens with one attached hydrogen (secondary N) is 1. The number of rotatable bonds is 7. The van der Waals surface area contributed by atoms with Crippen molar-refractivity contribution in [2.75, 3.05) is 25.6 Å². The zero-order valence-corrected chi connectivity index (χ0v) is 17.9. The molecule has 0 atom stereocenters. The molecule has 1 aliphatic carbocycles. The minimum Gasteiger partial charge on any atom is -0.479 e. The van der Waals surface area contributed by atoms with E-state index in [9.17, 15) is 14.4 Å². The van der Waals surface area contributed by atoms with Crippen LogP contribution in [0.25, 0.3) is 11.1 Å². The van der Waals surface area contributed by atoms with E-state index in [0.717, 1.165) is 27.3 Å². The van der Waals surface area contributed by atoms with Crippen molar-refractivity contribution in [1.29, 1.82) is 0 Å². The van der Waals surface area contributed by atoms with Crippen molar-refractivity contribution in [2.45, 2.75) is 5.92 Å². The van der Waals surface area contributed by atoms with E-state index in [1.54, 1.807) is 12.1 Å². The molecule has 168 valence electrons. The highest BCUT2D eigenvalue weighted by atomic mass is 16.7. The normalized spacial score (nSPS) is 11.9. The maximum absolute atomic E-state index is 12.4. The van der Waals surface area contributed by atoms with Crippen LogP contribution in [-0.4, -0.2) is 48.4 Å². The molecule has 0 aromatic heterocycles. The summed E-state index contributed by atoms with van der Waals surface area (Å²) in [5, 5.41) is 12.1. The summed E-state index contributed by atoms with van der Waals surface area (Å²) in [5.41, 5.74) is 5.30. The van der Waals surface area contributed by atoms with Gasteiger partial charge in [0, 0.05) is 24.2 Å². The van der Waals surface area contributed by atoms with Crippen molar-refractivity contribution < 1.29 is 29.1 Å². The Balaban J connectivity index is 1.35. The molecule has 2 amide bonds. The first-order chi connectivity index (χ1) is 15.9. The number of carboxylic acid groups (broad SMARTS) is 1. The van der Waals surface area contributed by atoms with Crippen LogP contribution in [0.2, 0.25) is 0 Å². The zero-order chi connectivity index (χ0) is 23.4. The highest BCUT2D eigenvalue weighted by Crippen LogP contribution is 2.44. The number of carbonyl (C=O) groups excluding carboxylic acids is 2. The van der Waals surface area contributed by atoms with Crippen molar-refractivity contribution in [3.63, 3.8) is 0 Å². The van der Waals surface area contributed by atoms with Gasteiger partial charge in [-0.3, -0.25) is 14.9 Å². The summed E-state index contributed by atoms with van der Waals surface area (Å²) in [6, 6.07) is 22.3. The van der Waals surface area contributed by atoms with Crippen LogP contribution < -0.4 is 5.32 Å². The minimum absolute atomic E-state index is 0.0375. The summed E-state index contributed by atoms with van der Waals surface area (Å²) in [6.07, 6.45) is -0.599. The van der Waals surface area contributed by atoms with E-state index in [2.05, 4.69) is 17.4 Å². The molecular formula is C25H22N2O6. The standard InChI is InChI=1S/C25H22N2O6/c1-27(33-15-23(28)29)24(30)16-10-12-17(13-11-16)26-25(31)32-14-22-20-8-4-2-6-18(20)19-7-3-5-9-21(19)22/h2-13,22H,14-15H2,1H3,(H,26,31)(H,28,29). The van der Waals surface area contributed by atoms with Gasteiger partial charge in [0.1, 0.15) is 6.61 Å². The van der Waals surface area contributed by atoms with Crippen LogP contribution in [0.3, 0.4) is 0 Å². The fraction of sp³-hybridized carbons (Fsp3) is 0.160. The summed E-state index contributed by atoms with van der Waals surface area (Å²) in [7, 11) is 1.33. The number of hydrogen-bond donors (Lipinski definition) is 2. The van der Waals surface area contributed by atoms with Crippen molar-refractivity contribution in [3.05, 3.63) is 89.5 Å². The van der Waals surface area contributed by atoms with E-state index in [1.165, 1.54) is 19.2 Å². The van der Waals surface area contributed by atoms with E-state index in [-0.39, 0.29) is 18.1 Å². The van der Waals surface area contributed by atoms with Gasteiger partial charge in [-0.2, -0.15) is 0 Å². The molecule has 0 bridgehead atoms. The molecule has 0 fully saturated rings. The molecule has 1 aliphatic rings. The number of carbonyl (C=O) groups is 3. The molecule has 4 rings (SSSR count). The number of hydroxylamine groups is 2. The molecule has 0 spiro atoms. The van der Waals surface area contributed by atoms with Crippen LogP contribution in [0, 0.1) is 0 Å². The second kappa shape index (κ2) is 9.54. The van der Waals surface area contributed by atoms with Crippen LogP contribution >= 0.6 is 0 Å². The Morgan fingerprint density at radius 2 is 1.48 bits per heavy atom. The third kappa shape index (κ3) is 4.86. The summed E-state index contributed by atoms with van der Waals surface area (Å²) in [5.74, 6) is -1.73. The lowest BCUT2D eigenvalue weighted by molar-refractivity contribution is -0.159. The second-order valence-corrected chi connectivity index (χ2v) is 7.50. The number of amides is 2. The van der Waals surface area contributed by atoms with Crippen molar-refractivity contribution in [3.8, 4) is 11.1 Å². The van der Waals surface area contributed by atoms with Crippen LogP contribution in [0.1, 0.15) is 27.4 Å². The Bertz CT molecular complexity index is 1150. The average molecular weight is 446 g/mol. The number of nitrogens with zero attached hydrogens (tertiary/aromatic N) is 1. The molecule has 8 heteroatoms. The highest BCUT2D eigenvalue weighted by Gasteiger charge is 2.29. The quantitative estimate of drug-likeness (QED) is 0.529. The summed E-state index contributed by atoms with van der Waals surface area (Å²) in [6.45, 7) is -0.425. The van der Waals surface area contributed by atoms with Gasteiger partial charge in [0.15, 0.2) is 6.61 Å². The Labute approximate surface area is 190 Å². The maximum Gasteiger partial charge on any atom is 0.411 e. The smallest absolute Gasteiger partial charge is 0.411 e. The molecule has 3 aromatic carbocycles. The second-order valence-electron chi connectivity index (χ2n) is 7.50. The van der Waals surface area contributed by atoms with Gasteiger partial charge in [0.05, 0.1) is 0 Å². The predicted molar refractivity (Wildman–Crippen MR) is 121 cm³/mol. The Morgan fingerprint density at radius 3 is 2.06 bits per heavy atom. The molecule has 0 radical (unpaired) electrons. The third-order valence-corrected chi connectivity index (χ3v) is 5.39. The van der Waals surface area contributed by atoms with E-state index < -0.39 is 24.6 Å². The van der Waals surface area contributed by atoms with E-state index in [0.29, 0.717) is 5.69 Å². The molecule has 33 heavy (non-hydrogen) atoms. The van der Waals surface area contributed by atoms with Gasteiger partial charge in [-0.1, -0.05) is 48.5 Å². The van der Waals surface area contributed by atoms with Gasteiger partial charge in [-0.15, -0.1) is 0 Å². The molecule has 3 aromatic rings. The Hall–Kier alpha value is -4.17. The number of aliphatic carboxylic acids is 1. The zero-order valence-electron chi connectivity index (χ0n) is 17.9. The van der Waals surface area contributed by atoms with Crippen LogP contribution in [0.15, 0.2) is 72.8 Å². The number of hydrogen-bond acceptors (Lipinski definition) is 5. The molecular weight excluding hydrogens is 424 g/mol. The maximum atomic E-state index is 12.4. The van der Waals surface area contributed by atoms with E-state index >= 15 is 0 Å². The van der Waals surface area contributed by atoms with Crippen LogP contribution in [-0.2, 0) is 14.4 Å². The van der Waals surface area contributed by atoms with Gasteiger partial charge in [0.2, 0.25) is 0 Å². The Morgan fingerprint density at radius 1 is 0.909 bits per heavy atom.